The van der Waals surface area contributed by atoms with E-state index < -0.39 is 6.04 Å². The quantitative estimate of drug-likeness (QED) is 0.589. The maximum atomic E-state index is 13.8. The largest absolute Gasteiger partial charge is 0.451 e. The summed E-state index contributed by atoms with van der Waals surface area (Å²) < 4.78 is 20.4. The van der Waals surface area contributed by atoms with Crippen LogP contribution in [0.2, 0.25) is 0 Å². The molecule has 0 radical (unpaired) electrons. The Kier molecular flexibility index (Phi) is 5.97. The molecule has 0 bridgehead atoms. The van der Waals surface area contributed by atoms with Crippen LogP contribution in [0.5, 0.6) is 0 Å². The van der Waals surface area contributed by atoms with Crippen LogP contribution in [-0.4, -0.2) is 56.1 Å². The van der Waals surface area contributed by atoms with Crippen molar-refractivity contribution in [2.75, 3.05) is 19.7 Å². The molecule has 0 spiro atoms. The molecule has 6 rings (SSSR count). The number of nitrogens with zero attached hydrogens (tertiary/aromatic N) is 4. The highest BCUT2D eigenvalue weighted by Crippen LogP contribution is 2.50. The molecule has 188 valence electrons. The minimum absolute atomic E-state index is 0.0449. The molecule has 3 aromatic rings. The molecule has 2 aromatic heterocycles. The number of carbonyl (C=O) groups is 1. The molecule has 4 atom stereocenters. The summed E-state index contributed by atoms with van der Waals surface area (Å²) in [5.41, 5.74) is 2.54. The van der Waals surface area contributed by atoms with Crippen molar-refractivity contribution in [2.45, 2.75) is 44.4 Å². The fourth-order valence-electron chi connectivity index (χ4n) is 6.42. The highest BCUT2D eigenvalue weighted by Gasteiger charge is 2.56. The molecule has 1 N–H and O–H groups in total. The summed E-state index contributed by atoms with van der Waals surface area (Å²) in [7, 11) is 0. The molecular weight excluding hydrogens is 463 g/mol. The van der Waals surface area contributed by atoms with Gasteiger partial charge >= 0.3 is 0 Å². The Labute approximate surface area is 208 Å². The van der Waals surface area contributed by atoms with Crippen molar-refractivity contribution in [3.8, 4) is 11.1 Å². The number of pyridine rings is 1. The smallest absolute Gasteiger partial charge is 0.258 e. The van der Waals surface area contributed by atoms with Gasteiger partial charge in [-0.1, -0.05) is 12.1 Å². The topological polar surface area (TPSA) is 91.8 Å². The molecule has 5 heterocycles. The van der Waals surface area contributed by atoms with Crippen LogP contribution in [0.1, 0.15) is 36.7 Å². The minimum atomic E-state index is -0.500. The van der Waals surface area contributed by atoms with Gasteiger partial charge in [0.2, 0.25) is 5.91 Å². The van der Waals surface area contributed by atoms with Crippen molar-refractivity contribution in [3.63, 3.8) is 0 Å². The number of amides is 1. The van der Waals surface area contributed by atoms with Crippen molar-refractivity contribution in [3.05, 3.63) is 76.6 Å². The van der Waals surface area contributed by atoms with Crippen LogP contribution in [0, 0.1) is 17.7 Å². The lowest BCUT2D eigenvalue weighted by Crippen LogP contribution is -2.51. The number of aliphatic hydroxyl groups excluding tert-OH is 1. The minimum Gasteiger partial charge on any atom is -0.451 e. The fraction of sp³-hybridized carbons (Fsp3) is 0.444. The number of fused-ring (bicyclic) bond motifs is 3. The Morgan fingerprint density at radius 1 is 1.11 bits per heavy atom. The van der Waals surface area contributed by atoms with E-state index in [0.717, 1.165) is 38.0 Å². The Morgan fingerprint density at radius 2 is 1.89 bits per heavy atom. The Balaban J connectivity index is 1.41. The highest BCUT2D eigenvalue weighted by molar-refractivity contribution is 5.83. The van der Waals surface area contributed by atoms with Crippen LogP contribution < -0.4 is 5.56 Å². The first kappa shape index (κ1) is 23.1. The van der Waals surface area contributed by atoms with Gasteiger partial charge in [-0.15, -0.1) is 0 Å². The predicted octanol–water partition coefficient (Wildman–Crippen LogP) is 2.82. The van der Waals surface area contributed by atoms with Crippen LogP contribution in [0.3, 0.4) is 0 Å². The van der Waals surface area contributed by atoms with Gasteiger partial charge in [0.1, 0.15) is 12.1 Å². The van der Waals surface area contributed by atoms with E-state index in [4.69, 9.17) is 4.42 Å². The maximum absolute atomic E-state index is 13.8. The van der Waals surface area contributed by atoms with E-state index in [1.165, 1.54) is 18.5 Å². The number of halogens is 1. The molecule has 8 nitrogen and oxygen atoms in total. The van der Waals surface area contributed by atoms with E-state index >= 15 is 0 Å². The summed E-state index contributed by atoms with van der Waals surface area (Å²) in [5.74, 6) is -0.724. The van der Waals surface area contributed by atoms with E-state index in [1.54, 1.807) is 29.0 Å². The molecule has 2 fully saturated rings. The number of aliphatic hydroxyl groups is 1. The zero-order chi connectivity index (χ0) is 24.8. The molecular formula is C27H29FN4O4. The first-order valence-electron chi connectivity index (χ1n) is 12.6. The van der Waals surface area contributed by atoms with Gasteiger partial charge in [0.25, 0.3) is 5.56 Å². The monoisotopic (exact) mass is 492 g/mol. The molecule has 2 saturated heterocycles. The van der Waals surface area contributed by atoms with Crippen molar-refractivity contribution in [1.82, 2.24) is 19.4 Å². The third kappa shape index (κ3) is 3.77. The molecule has 0 unspecified atom stereocenters. The second kappa shape index (κ2) is 9.29. The number of aromatic nitrogens is 2. The molecule has 1 amide bonds. The van der Waals surface area contributed by atoms with Gasteiger partial charge in [-0.2, -0.15) is 0 Å². The Morgan fingerprint density at radius 3 is 2.58 bits per heavy atom. The van der Waals surface area contributed by atoms with Gasteiger partial charge in [-0.05, 0) is 49.1 Å². The second-order valence-corrected chi connectivity index (χ2v) is 10.0. The van der Waals surface area contributed by atoms with E-state index in [-0.39, 0.29) is 41.8 Å². The third-order valence-electron chi connectivity index (χ3n) is 8.09. The SMILES string of the molecule is O=C([C@H]1[C@H](CO)[C@H]2Cn3c(ccc(-c4ccc(F)cc4)c3=O)[C@H]2N1Cc1cocn1)N1CCCCC1. The van der Waals surface area contributed by atoms with Gasteiger partial charge in [-0.3, -0.25) is 14.5 Å². The number of hydrogen-bond donors (Lipinski definition) is 1. The van der Waals surface area contributed by atoms with Gasteiger partial charge < -0.3 is 19.0 Å². The third-order valence-corrected chi connectivity index (χ3v) is 8.09. The van der Waals surface area contributed by atoms with Crippen LogP contribution in [0.4, 0.5) is 4.39 Å². The average Bonchev–Trinajstić information content (AvgIpc) is 3.62. The van der Waals surface area contributed by atoms with E-state index in [9.17, 15) is 19.1 Å². The van der Waals surface area contributed by atoms with Crippen molar-refractivity contribution in [2.24, 2.45) is 11.8 Å². The number of benzene rings is 1. The summed E-state index contributed by atoms with van der Waals surface area (Å²) >= 11 is 0. The van der Waals surface area contributed by atoms with Gasteiger partial charge in [0.15, 0.2) is 6.39 Å². The Hall–Kier alpha value is -3.30. The molecule has 1 aromatic carbocycles. The van der Waals surface area contributed by atoms with Crippen molar-refractivity contribution in [1.29, 1.82) is 0 Å². The average molecular weight is 493 g/mol. The fourth-order valence-corrected chi connectivity index (χ4v) is 6.42. The molecule has 0 aliphatic carbocycles. The summed E-state index contributed by atoms with van der Waals surface area (Å²) in [5, 5.41) is 10.5. The summed E-state index contributed by atoms with van der Waals surface area (Å²) in [4.78, 5) is 35.7. The number of hydrogen-bond acceptors (Lipinski definition) is 6. The van der Waals surface area contributed by atoms with E-state index in [0.29, 0.717) is 29.9 Å². The lowest BCUT2D eigenvalue weighted by atomic mass is 9.88. The highest BCUT2D eigenvalue weighted by atomic mass is 19.1. The van der Waals surface area contributed by atoms with E-state index in [2.05, 4.69) is 9.88 Å². The van der Waals surface area contributed by atoms with Gasteiger partial charge in [0, 0.05) is 55.9 Å². The zero-order valence-corrected chi connectivity index (χ0v) is 19.9. The van der Waals surface area contributed by atoms with E-state index in [1.807, 2.05) is 11.0 Å². The number of carbonyl (C=O) groups excluding carboxylic acids is 1. The maximum Gasteiger partial charge on any atom is 0.258 e. The molecule has 3 aliphatic rings. The van der Waals surface area contributed by atoms with Crippen molar-refractivity contribution >= 4 is 5.91 Å². The number of rotatable bonds is 5. The molecule has 3 aliphatic heterocycles. The van der Waals surface area contributed by atoms with Crippen molar-refractivity contribution < 1.29 is 18.7 Å². The lowest BCUT2D eigenvalue weighted by molar-refractivity contribution is -0.139. The predicted molar refractivity (Wildman–Crippen MR) is 129 cm³/mol. The number of likely N-dealkylation sites (tertiary alicyclic amines) is 2. The number of piperidine rings is 1. The summed E-state index contributed by atoms with van der Waals surface area (Å²) in [6, 6.07) is 8.91. The van der Waals surface area contributed by atoms with Gasteiger partial charge in [0.05, 0.1) is 17.8 Å². The number of oxazole rings is 1. The Bertz CT molecular complexity index is 1300. The van der Waals surface area contributed by atoms with Crippen LogP contribution in [0.25, 0.3) is 11.1 Å². The summed E-state index contributed by atoms with van der Waals surface area (Å²) in [6.07, 6.45) is 6.04. The second-order valence-electron chi connectivity index (χ2n) is 10.0. The van der Waals surface area contributed by atoms with Gasteiger partial charge in [-0.25, -0.2) is 9.37 Å². The normalized spacial score (nSPS) is 25.7. The first-order valence-corrected chi connectivity index (χ1v) is 12.6. The molecule has 36 heavy (non-hydrogen) atoms. The van der Waals surface area contributed by atoms with Crippen LogP contribution in [0.15, 0.2) is 58.3 Å². The lowest BCUT2D eigenvalue weighted by Gasteiger charge is -2.36. The standard InChI is InChI=1S/C27H29FN4O4/c28-18-6-4-17(5-7-18)20-8-9-23-24-21(13-31(23)26(20)34)22(14-33)25(27(35)30-10-2-1-3-11-30)32(24)12-19-15-36-16-29-19/h4-9,15-16,21-22,24-25,33H,1-3,10-14H2/t21-,22-,24+,25-/m1/s1. The first-order chi connectivity index (χ1) is 17.6. The molecule has 0 saturated carbocycles. The van der Waals surface area contributed by atoms with Crippen LogP contribution in [-0.2, 0) is 17.9 Å². The molecule has 9 heteroatoms. The summed E-state index contributed by atoms with van der Waals surface area (Å²) in [6.45, 7) is 2.12. The van der Waals surface area contributed by atoms with Crippen LogP contribution >= 0.6 is 0 Å². The zero-order valence-electron chi connectivity index (χ0n) is 19.9.